The first-order chi connectivity index (χ1) is 11.5. The van der Waals surface area contributed by atoms with Crippen molar-refractivity contribution in [3.63, 3.8) is 0 Å². The Balaban J connectivity index is 0.00000312. The highest BCUT2D eigenvalue weighted by Gasteiger charge is 2.10. The summed E-state index contributed by atoms with van der Waals surface area (Å²) < 4.78 is 22.7. The zero-order chi connectivity index (χ0) is 17.4. The molecule has 0 aromatic carbocycles. The quantitative estimate of drug-likeness (QED) is 0.308. The Morgan fingerprint density at radius 2 is 2.08 bits per heavy atom. The molecule has 2 aromatic heterocycles. The van der Waals surface area contributed by atoms with Gasteiger partial charge in [0.2, 0.25) is 10.0 Å². The lowest BCUT2D eigenvalue weighted by molar-refractivity contribution is 0.600. The molecule has 0 spiro atoms. The van der Waals surface area contributed by atoms with Gasteiger partial charge in [-0.15, -0.1) is 35.3 Å². The minimum atomic E-state index is -3.64. The van der Waals surface area contributed by atoms with E-state index >= 15 is 0 Å². The van der Waals surface area contributed by atoms with Gasteiger partial charge in [0.05, 0.1) is 6.54 Å². The third kappa shape index (κ3) is 7.67. The highest BCUT2D eigenvalue weighted by Crippen LogP contribution is 2.20. The van der Waals surface area contributed by atoms with Gasteiger partial charge in [0.15, 0.2) is 5.96 Å². The van der Waals surface area contributed by atoms with Crippen LogP contribution in [0.25, 0.3) is 0 Å². The fourth-order valence-electron chi connectivity index (χ4n) is 1.95. The largest absolute Gasteiger partial charge is 0.357 e. The van der Waals surface area contributed by atoms with Crippen molar-refractivity contribution in [2.75, 3.05) is 13.1 Å². The minimum Gasteiger partial charge on any atom is -0.357 e. The van der Waals surface area contributed by atoms with E-state index in [0.29, 0.717) is 19.0 Å². The molecule has 4 N–H and O–H groups in total. The van der Waals surface area contributed by atoms with Gasteiger partial charge < -0.3 is 10.6 Å². The topological polar surface area (TPSA) is 109 Å². The Bertz CT molecular complexity index is 778. The molecular weight excluding hydrogens is 473 g/mol. The molecule has 0 saturated heterocycles. The van der Waals surface area contributed by atoms with Crippen molar-refractivity contribution in [3.8, 4) is 0 Å². The number of sulfonamides is 1. The number of pyridine rings is 1. The molecule has 138 valence electrons. The molecule has 0 amide bonds. The predicted molar refractivity (Wildman–Crippen MR) is 112 cm³/mol. The number of nitrogens with two attached hydrogens (primary N) is 1. The fraction of sp³-hybridized carbons (Fsp3) is 0.333. The molecule has 2 aromatic rings. The zero-order valence-corrected chi connectivity index (χ0v) is 17.8. The van der Waals surface area contributed by atoms with E-state index in [2.05, 4.69) is 20.6 Å². The summed E-state index contributed by atoms with van der Waals surface area (Å²) in [5.74, 6) is 0.680. The smallest absolute Gasteiger partial charge is 0.247 e. The van der Waals surface area contributed by atoms with E-state index in [0.717, 1.165) is 34.9 Å². The molecule has 2 heterocycles. The van der Waals surface area contributed by atoms with E-state index in [1.807, 2.05) is 25.1 Å². The molecule has 7 nitrogen and oxygen atoms in total. The Hall–Kier alpha value is -1.24. The summed E-state index contributed by atoms with van der Waals surface area (Å²) in [4.78, 5) is 9.57. The second-order valence-electron chi connectivity index (χ2n) is 4.96. The highest BCUT2D eigenvalue weighted by molar-refractivity contribution is 14.0. The summed E-state index contributed by atoms with van der Waals surface area (Å²) in [5, 5.41) is 11.5. The number of guanidine groups is 1. The highest BCUT2D eigenvalue weighted by atomic mass is 127. The van der Waals surface area contributed by atoms with E-state index in [4.69, 9.17) is 5.14 Å². The second kappa shape index (κ2) is 10.7. The third-order valence-corrected chi connectivity index (χ3v) is 5.56. The predicted octanol–water partition coefficient (Wildman–Crippen LogP) is 1.71. The molecule has 0 aliphatic heterocycles. The molecule has 0 aliphatic carbocycles. The van der Waals surface area contributed by atoms with Crippen LogP contribution in [0.1, 0.15) is 17.5 Å². The maximum Gasteiger partial charge on any atom is 0.247 e. The average Bonchev–Trinajstić information content (AvgIpc) is 3.03. The number of primary sulfonamides is 1. The Kier molecular flexibility index (Phi) is 9.32. The molecular formula is C15H22IN5O2S2. The van der Waals surface area contributed by atoms with E-state index in [9.17, 15) is 8.42 Å². The van der Waals surface area contributed by atoms with Crippen LogP contribution in [-0.2, 0) is 23.0 Å². The van der Waals surface area contributed by atoms with Crippen LogP contribution in [-0.4, -0.2) is 32.5 Å². The van der Waals surface area contributed by atoms with Crippen molar-refractivity contribution in [2.24, 2.45) is 10.1 Å². The van der Waals surface area contributed by atoms with E-state index < -0.39 is 10.0 Å². The van der Waals surface area contributed by atoms with Crippen molar-refractivity contribution < 1.29 is 8.42 Å². The number of thiophene rings is 1. The van der Waals surface area contributed by atoms with Crippen LogP contribution in [0.4, 0.5) is 0 Å². The molecule has 0 bridgehead atoms. The number of aliphatic imine (C=N–C) groups is 1. The van der Waals surface area contributed by atoms with Crippen LogP contribution in [0.2, 0.25) is 0 Å². The molecule has 0 aliphatic rings. The van der Waals surface area contributed by atoms with Crippen molar-refractivity contribution in [3.05, 3.63) is 47.1 Å². The number of nitrogens with one attached hydrogen (secondary N) is 2. The number of nitrogens with zero attached hydrogens (tertiary/aromatic N) is 2. The summed E-state index contributed by atoms with van der Waals surface area (Å²) in [6.07, 6.45) is 2.56. The van der Waals surface area contributed by atoms with Gasteiger partial charge in [-0.25, -0.2) is 18.5 Å². The molecule has 2 rings (SSSR count). The molecule has 0 saturated carbocycles. The summed E-state index contributed by atoms with van der Waals surface area (Å²) in [6, 6.07) is 9.06. The normalized spacial score (nSPS) is 11.7. The van der Waals surface area contributed by atoms with Crippen LogP contribution in [0.3, 0.4) is 0 Å². The number of halogens is 1. The summed E-state index contributed by atoms with van der Waals surface area (Å²) in [7, 11) is -3.64. The number of rotatable bonds is 7. The maximum absolute atomic E-state index is 11.3. The first-order valence-electron chi connectivity index (χ1n) is 7.52. The molecule has 25 heavy (non-hydrogen) atoms. The molecule has 0 unspecified atom stereocenters. The number of hydrogen-bond donors (Lipinski definition) is 3. The molecule has 0 radical (unpaired) electrons. The van der Waals surface area contributed by atoms with Crippen molar-refractivity contribution >= 4 is 51.3 Å². The van der Waals surface area contributed by atoms with Crippen molar-refractivity contribution in [1.82, 2.24) is 15.6 Å². The SMILES string of the molecule is CCNC(=NCc1ccc(S(N)(=O)=O)s1)NCCc1ccccn1.I. The standard InChI is InChI=1S/C15H21N5O2S2.HI/c1-2-17-15(19-10-8-12-5-3-4-9-18-12)20-11-13-6-7-14(23-13)24(16,21)22;/h3-7,9H,2,8,10-11H2,1H3,(H2,16,21,22)(H2,17,19,20);1H. The first kappa shape index (κ1) is 21.8. The molecule has 0 fully saturated rings. The summed E-state index contributed by atoms with van der Waals surface area (Å²) >= 11 is 1.14. The van der Waals surface area contributed by atoms with Gasteiger partial charge in [0.25, 0.3) is 0 Å². The first-order valence-corrected chi connectivity index (χ1v) is 9.89. The Morgan fingerprint density at radius 1 is 1.28 bits per heavy atom. The average molecular weight is 495 g/mol. The van der Waals surface area contributed by atoms with Gasteiger partial charge in [-0.2, -0.15) is 0 Å². The Morgan fingerprint density at radius 3 is 2.68 bits per heavy atom. The van der Waals surface area contributed by atoms with Crippen molar-refractivity contribution in [2.45, 2.75) is 24.1 Å². The van der Waals surface area contributed by atoms with Gasteiger partial charge >= 0.3 is 0 Å². The fourth-order valence-corrected chi connectivity index (χ4v) is 3.65. The van der Waals surface area contributed by atoms with Gasteiger partial charge in [0.1, 0.15) is 4.21 Å². The molecule has 10 heteroatoms. The molecule has 0 atom stereocenters. The second-order valence-corrected chi connectivity index (χ2v) is 7.92. The monoisotopic (exact) mass is 495 g/mol. The van der Waals surface area contributed by atoms with Crippen LogP contribution in [0.15, 0.2) is 45.7 Å². The summed E-state index contributed by atoms with van der Waals surface area (Å²) in [6.45, 7) is 3.82. The van der Waals surface area contributed by atoms with Crippen molar-refractivity contribution in [1.29, 1.82) is 0 Å². The van der Waals surface area contributed by atoms with E-state index in [1.165, 1.54) is 6.07 Å². The lowest BCUT2D eigenvalue weighted by Crippen LogP contribution is -2.38. The van der Waals surface area contributed by atoms with Gasteiger partial charge in [-0.05, 0) is 31.2 Å². The van der Waals surface area contributed by atoms with Crippen LogP contribution in [0.5, 0.6) is 0 Å². The van der Waals surface area contributed by atoms with E-state index in [-0.39, 0.29) is 28.2 Å². The minimum absolute atomic E-state index is 0. The third-order valence-electron chi connectivity index (χ3n) is 3.05. The maximum atomic E-state index is 11.3. The number of hydrogen-bond acceptors (Lipinski definition) is 5. The lowest BCUT2D eigenvalue weighted by Gasteiger charge is -2.10. The summed E-state index contributed by atoms with van der Waals surface area (Å²) in [5.41, 5.74) is 1.01. The van der Waals surface area contributed by atoms with Gasteiger partial charge in [-0.3, -0.25) is 4.98 Å². The van der Waals surface area contributed by atoms with Crippen LogP contribution in [0, 0.1) is 0 Å². The lowest BCUT2D eigenvalue weighted by atomic mass is 10.3. The zero-order valence-electron chi connectivity index (χ0n) is 13.8. The van der Waals surface area contributed by atoms with E-state index in [1.54, 1.807) is 12.3 Å². The van der Waals surface area contributed by atoms with Gasteiger partial charge in [-0.1, -0.05) is 6.07 Å². The van der Waals surface area contributed by atoms with Crippen LogP contribution >= 0.6 is 35.3 Å². The van der Waals surface area contributed by atoms with Gasteiger partial charge in [0, 0.05) is 36.3 Å². The van der Waals surface area contributed by atoms with Crippen LogP contribution < -0.4 is 15.8 Å². The number of aromatic nitrogens is 1. The Labute approximate surface area is 169 Å².